The number of nitrogens with zero attached hydrogens (tertiary/aromatic N) is 2. The number of hydrogen-bond acceptors (Lipinski definition) is 2. The molecule has 0 aliphatic rings. The lowest BCUT2D eigenvalue weighted by Crippen LogP contribution is -2.51. The number of nitrogens with one attached hydrogen (secondary N) is 1. The van der Waals surface area contributed by atoms with Crippen molar-refractivity contribution in [2.45, 2.75) is 18.9 Å². The molecule has 1 amide bonds. The van der Waals surface area contributed by atoms with Crippen LogP contribution in [0.3, 0.4) is 0 Å². The Kier molecular flexibility index (Phi) is 4.62. The van der Waals surface area contributed by atoms with Gasteiger partial charge in [-0.15, -0.1) is 23.2 Å². The molecule has 1 heterocycles. The highest BCUT2D eigenvalue weighted by Gasteiger charge is 2.29. The average molecular weight is 264 g/mol. The second-order valence-electron chi connectivity index (χ2n) is 3.78. The summed E-state index contributed by atoms with van der Waals surface area (Å²) in [6.07, 6.45) is 3.90. The lowest BCUT2D eigenvalue weighted by atomic mass is 10.0. The fourth-order valence-electron chi connectivity index (χ4n) is 1.21. The van der Waals surface area contributed by atoms with Crippen LogP contribution >= 0.6 is 23.2 Å². The number of amides is 1. The van der Waals surface area contributed by atoms with Crippen LogP contribution in [0.4, 0.5) is 0 Å². The van der Waals surface area contributed by atoms with Gasteiger partial charge in [0.25, 0.3) is 5.91 Å². The van der Waals surface area contributed by atoms with Gasteiger partial charge in [0.05, 0.1) is 11.9 Å². The van der Waals surface area contributed by atoms with E-state index in [0.29, 0.717) is 12.1 Å². The first-order valence-corrected chi connectivity index (χ1v) is 6.06. The van der Waals surface area contributed by atoms with E-state index >= 15 is 0 Å². The predicted molar refractivity (Wildman–Crippen MR) is 65.1 cm³/mol. The Hall–Kier alpha value is -0.740. The molecular weight excluding hydrogens is 249 g/mol. The minimum atomic E-state index is -0.558. The molecule has 0 aliphatic heterocycles. The van der Waals surface area contributed by atoms with E-state index in [1.165, 1.54) is 0 Å². The maximum Gasteiger partial charge on any atom is 0.271 e. The smallest absolute Gasteiger partial charge is 0.271 e. The van der Waals surface area contributed by atoms with Gasteiger partial charge in [-0.05, 0) is 6.42 Å². The van der Waals surface area contributed by atoms with Crippen molar-refractivity contribution < 1.29 is 4.79 Å². The van der Waals surface area contributed by atoms with Crippen LogP contribution < -0.4 is 5.32 Å². The molecule has 0 spiro atoms. The number of rotatable bonds is 5. The number of aryl methyl sites for hydroxylation is 1. The van der Waals surface area contributed by atoms with E-state index in [4.69, 9.17) is 23.2 Å². The zero-order valence-electron chi connectivity index (χ0n) is 9.33. The lowest BCUT2D eigenvalue weighted by molar-refractivity contribution is 0.0909. The van der Waals surface area contributed by atoms with E-state index in [1.54, 1.807) is 24.1 Å². The molecule has 1 aromatic rings. The number of imidazole rings is 1. The topological polar surface area (TPSA) is 46.9 Å². The van der Waals surface area contributed by atoms with E-state index in [2.05, 4.69) is 10.3 Å². The van der Waals surface area contributed by atoms with Gasteiger partial charge in [-0.2, -0.15) is 0 Å². The van der Waals surface area contributed by atoms with E-state index in [9.17, 15) is 4.79 Å². The van der Waals surface area contributed by atoms with E-state index < -0.39 is 5.54 Å². The number of alkyl halides is 2. The third-order valence-corrected chi connectivity index (χ3v) is 3.53. The Balaban J connectivity index is 2.76. The van der Waals surface area contributed by atoms with Crippen molar-refractivity contribution in [2.24, 2.45) is 7.05 Å². The van der Waals surface area contributed by atoms with Crippen LogP contribution in [0.15, 0.2) is 12.5 Å². The van der Waals surface area contributed by atoms with E-state index in [0.717, 1.165) is 0 Å². The standard InChI is InChI=1S/C10H15Cl2N3O/c1-3-10(5-11,6-12)14-9(16)8-4-15(2)7-13-8/h4,7H,3,5-6H2,1-2H3,(H,14,16). The van der Waals surface area contributed by atoms with Crippen LogP contribution in [-0.4, -0.2) is 32.8 Å². The van der Waals surface area contributed by atoms with Crippen molar-refractivity contribution in [3.63, 3.8) is 0 Å². The number of halogens is 2. The molecule has 4 nitrogen and oxygen atoms in total. The Morgan fingerprint density at radius 2 is 2.19 bits per heavy atom. The molecule has 0 saturated heterocycles. The summed E-state index contributed by atoms with van der Waals surface area (Å²) >= 11 is 11.7. The van der Waals surface area contributed by atoms with Gasteiger partial charge in [0.2, 0.25) is 0 Å². The summed E-state index contributed by atoms with van der Waals surface area (Å²) in [5.41, 5.74) is -0.187. The highest BCUT2D eigenvalue weighted by Crippen LogP contribution is 2.15. The highest BCUT2D eigenvalue weighted by molar-refractivity contribution is 6.22. The second-order valence-corrected chi connectivity index (χ2v) is 4.31. The van der Waals surface area contributed by atoms with E-state index in [-0.39, 0.29) is 17.7 Å². The molecule has 90 valence electrons. The number of carbonyl (C=O) groups is 1. The SMILES string of the molecule is CCC(CCl)(CCl)NC(=O)c1cn(C)cn1. The fourth-order valence-corrected chi connectivity index (χ4v) is 2.01. The van der Waals surface area contributed by atoms with Crippen molar-refractivity contribution in [1.82, 2.24) is 14.9 Å². The van der Waals surface area contributed by atoms with Crippen LogP contribution in [0.5, 0.6) is 0 Å². The van der Waals surface area contributed by atoms with Crippen LogP contribution in [0.1, 0.15) is 23.8 Å². The van der Waals surface area contributed by atoms with Gasteiger partial charge in [-0.3, -0.25) is 4.79 Å². The molecule has 16 heavy (non-hydrogen) atoms. The van der Waals surface area contributed by atoms with Gasteiger partial charge in [0.1, 0.15) is 5.69 Å². The maximum absolute atomic E-state index is 11.8. The minimum Gasteiger partial charge on any atom is -0.343 e. The van der Waals surface area contributed by atoms with Gasteiger partial charge in [-0.1, -0.05) is 6.92 Å². The normalized spacial score (nSPS) is 11.5. The highest BCUT2D eigenvalue weighted by atomic mass is 35.5. The van der Waals surface area contributed by atoms with Crippen LogP contribution in [-0.2, 0) is 7.05 Å². The molecule has 0 saturated carbocycles. The Morgan fingerprint density at radius 3 is 2.56 bits per heavy atom. The molecule has 1 rings (SSSR count). The number of aromatic nitrogens is 2. The largest absolute Gasteiger partial charge is 0.343 e. The average Bonchev–Trinajstić information content (AvgIpc) is 2.73. The summed E-state index contributed by atoms with van der Waals surface area (Å²) < 4.78 is 1.71. The van der Waals surface area contributed by atoms with E-state index in [1.807, 2.05) is 6.92 Å². The fraction of sp³-hybridized carbons (Fsp3) is 0.600. The Labute approximate surface area is 105 Å². The molecule has 0 aliphatic carbocycles. The summed E-state index contributed by atoms with van der Waals surface area (Å²) in [6.45, 7) is 1.93. The Morgan fingerprint density at radius 1 is 1.56 bits per heavy atom. The van der Waals surface area contributed by atoms with Crippen LogP contribution in [0.2, 0.25) is 0 Å². The van der Waals surface area contributed by atoms with Crippen molar-refractivity contribution >= 4 is 29.1 Å². The molecule has 0 bridgehead atoms. The monoisotopic (exact) mass is 263 g/mol. The first-order valence-electron chi connectivity index (χ1n) is 4.99. The molecule has 0 fully saturated rings. The van der Waals surface area contributed by atoms with Gasteiger partial charge >= 0.3 is 0 Å². The zero-order chi connectivity index (χ0) is 12.2. The van der Waals surface area contributed by atoms with Gasteiger partial charge < -0.3 is 9.88 Å². The molecule has 0 unspecified atom stereocenters. The van der Waals surface area contributed by atoms with Crippen molar-refractivity contribution in [3.05, 3.63) is 18.2 Å². The Bertz CT molecular complexity index is 352. The summed E-state index contributed by atoms with van der Waals surface area (Å²) in [6, 6.07) is 0. The quantitative estimate of drug-likeness (QED) is 0.824. The van der Waals surface area contributed by atoms with Crippen LogP contribution in [0.25, 0.3) is 0 Å². The van der Waals surface area contributed by atoms with Crippen LogP contribution in [0, 0.1) is 0 Å². The lowest BCUT2D eigenvalue weighted by Gasteiger charge is -2.29. The maximum atomic E-state index is 11.8. The summed E-state index contributed by atoms with van der Waals surface area (Å²) in [4.78, 5) is 15.8. The molecule has 0 radical (unpaired) electrons. The summed E-state index contributed by atoms with van der Waals surface area (Å²) in [5, 5.41) is 2.83. The first-order chi connectivity index (χ1) is 7.56. The van der Waals surface area contributed by atoms with Crippen molar-refractivity contribution in [3.8, 4) is 0 Å². The third kappa shape index (κ3) is 2.89. The minimum absolute atomic E-state index is 0.247. The summed E-state index contributed by atoms with van der Waals surface area (Å²) in [5.74, 6) is 0.320. The second kappa shape index (κ2) is 5.55. The predicted octanol–water partition coefficient (Wildman–Crippen LogP) is 1.78. The summed E-state index contributed by atoms with van der Waals surface area (Å²) in [7, 11) is 1.81. The van der Waals surface area contributed by atoms with Gasteiger partial charge in [0, 0.05) is 25.0 Å². The van der Waals surface area contributed by atoms with Crippen molar-refractivity contribution in [1.29, 1.82) is 0 Å². The van der Waals surface area contributed by atoms with Gasteiger partial charge in [0.15, 0.2) is 0 Å². The van der Waals surface area contributed by atoms with Gasteiger partial charge in [-0.25, -0.2) is 4.98 Å². The molecule has 0 aromatic carbocycles. The number of carbonyl (C=O) groups excluding carboxylic acids is 1. The number of hydrogen-bond donors (Lipinski definition) is 1. The molecule has 0 atom stereocenters. The van der Waals surface area contributed by atoms with Crippen molar-refractivity contribution in [2.75, 3.05) is 11.8 Å². The molecule has 6 heteroatoms. The molecule has 1 N–H and O–H groups in total. The third-order valence-electron chi connectivity index (χ3n) is 2.50. The zero-order valence-corrected chi connectivity index (χ0v) is 10.8. The first kappa shape index (κ1) is 13.3. The molecule has 1 aromatic heterocycles. The molecular formula is C10H15Cl2N3O.